The molecule has 0 spiro atoms. The zero-order valence-electron chi connectivity index (χ0n) is 18.1. The average Bonchev–Trinajstić information content (AvgIpc) is 3.30. The van der Waals surface area contributed by atoms with Crippen molar-refractivity contribution in [2.75, 3.05) is 19.1 Å². The third-order valence-electron chi connectivity index (χ3n) is 5.19. The van der Waals surface area contributed by atoms with Gasteiger partial charge in [-0.3, -0.25) is 14.9 Å². The number of aromatic nitrogens is 1. The van der Waals surface area contributed by atoms with Gasteiger partial charge in [-0.2, -0.15) is 0 Å². The van der Waals surface area contributed by atoms with Crippen LogP contribution in [0.5, 0.6) is 11.5 Å². The molecule has 0 saturated carbocycles. The second kappa shape index (κ2) is 9.20. The van der Waals surface area contributed by atoms with Gasteiger partial charge in [0, 0.05) is 23.6 Å². The smallest absolute Gasteiger partial charge is 0.335 e. The maximum Gasteiger partial charge on any atom is 0.335 e. The van der Waals surface area contributed by atoms with Crippen molar-refractivity contribution in [3.63, 3.8) is 0 Å². The Morgan fingerprint density at radius 1 is 1.06 bits per heavy atom. The first kappa shape index (κ1) is 22.7. The number of nitrogens with one attached hydrogen (secondary N) is 1. The molecule has 0 aliphatic carbocycles. The molecule has 2 aromatic carbocycles. The number of carbonyl (C=O) groups is 3. The van der Waals surface area contributed by atoms with Crippen LogP contribution in [0.4, 0.5) is 5.69 Å². The number of ether oxygens (including phenoxy) is 2. The minimum Gasteiger partial charge on any atom is -0.497 e. The lowest BCUT2D eigenvalue weighted by molar-refractivity contribution is -0.122. The molecule has 4 rings (SSSR count). The Labute approximate surface area is 199 Å². The number of carbonyl (C=O) groups excluding carboxylic acids is 2. The summed E-state index contributed by atoms with van der Waals surface area (Å²) < 4.78 is 12.3. The number of carboxylic acid groups (broad SMARTS) is 1. The number of amides is 2. The fraction of sp³-hybridized carbons (Fsp3) is 0.0833. The van der Waals surface area contributed by atoms with Crippen LogP contribution in [-0.2, 0) is 9.59 Å². The van der Waals surface area contributed by atoms with Crippen molar-refractivity contribution in [1.29, 1.82) is 0 Å². The van der Waals surface area contributed by atoms with E-state index in [2.05, 4.69) is 5.32 Å². The van der Waals surface area contributed by atoms with Crippen LogP contribution in [0.3, 0.4) is 0 Å². The monoisotopic (exact) mass is 477 g/mol. The van der Waals surface area contributed by atoms with Crippen LogP contribution in [0.1, 0.15) is 16.1 Å². The van der Waals surface area contributed by atoms with E-state index in [-0.39, 0.29) is 16.2 Å². The van der Waals surface area contributed by atoms with Gasteiger partial charge in [0.15, 0.2) is 5.11 Å². The van der Waals surface area contributed by atoms with Crippen LogP contribution in [-0.4, -0.2) is 46.8 Å². The SMILES string of the molecule is COc1ccc(N2C(=O)C(=Cc3cccn3-c3ccc(C(=O)O)cc3)C(=O)NC2=S)c(OC)c1. The summed E-state index contributed by atoms with van der Waals surface area (Å²) in [6.45, 7) is 0. The second-order valence-electron chi connectivity index (χ2n) is 7.15. The molecule has 172 valence electrons. The van der Waals surface area contributed by atoms with E-state index in [9.17, 15) is 14.4 Å². The van der Waals surface area contributed by atoms with Gasteiger partial charge in [0.05, 0.1) is 25.5 Å². The minimum atomic E-state index is -1.03. The number of carboxylic acids is 1. The van der Waals surface area contributed by atoms with E-state index in [4.69, 9.17) is 26.8 Å². The van der Waals surface area contributed by atoms with E-state index < -0.39 is 17.8 Å². The topological polar surface area (TPSA) is 110 Å². The molecule has 34 heavy (non-hydrogen) atoms. The fourth-order valence-corrected chi connectivity index (χ4v) is 3.78. The highest BCUT2D eigenvalue weighted by Gasteiger charge is 2.36. The molecule has 2 N–H and O–H groups in total. The highest BCUT2D eigenvalue weighted by molar-refractivity contribution is 7.80. The van der Waals surface area contributed by atoms with E-state index in [0.717, 1.165) is 0 Å². The quantitative estimate of drug-likeness (QED) is 0.319. The molecular weight excluding hydrogens is 458 g/mol. The van der Waals surface area contributed by atoms with Crippen molar-refractivity contribution in [3.05, 3.63) is 77.6 Å². The molecule has 1 aliphatic rings. The van der Waals surface area contributed by atoms with Crippen LogP contribution >= 0.6 is 12.2 Å². The lowest BCUT2D eigenvalue weighted by Gasteiger charge is -2.30. The number of nitrogens with zero attached hydrogens (tertiary/aromatic N) is 2. The number of anilines is 1. The number of rotatable bonds is 6. The van der Waals surface area contributed by atoms with Crippen molar-refractivity contribution >= 4 is 46.9 Å². The third-order valence-corrected chi connectivity index (χ3v) is 5.48. The lowest BCUT2D eigenvalue weighted by Crippen LogP contribution is -2.54. The Hall–Kier alpha value is -4.44. The van der Waals surface area contributed by atoms with E-state index in [1.54, 1.807) is 53.2 Å². The molecule has 0 radical (unpaired) electrons. The molecule has 9 nitrogen and oxygen atoms in total. The zero-order chi connectivity index (χ0) is 24.4. The Kier molecular flexibility index (Phi) is 6.15. The molecule has 1 aliphatic heterocycles. The van der Waals surface area contributed by atoms with E-state index in [1.807, 2.05) is 0 Å². The molecule has 0 bridgehead atoms. The van der Waals surface area contributed by atoms with Crippen molar-refractivity contribution in [2.45, 2.75) is 0 Å². The summed E-state index contributed by atoms with van der Waals surface area (Å²) in [5, 5.41) is 11.6. The Balaban J connectivity index is 1.73. The number of thiocarbonyl (C=S) groups is 1. The van der Waals surface area contributed by atoms with Crippen molar-refractivity contribution in [1.82, 2.24) is 9.88 Å². The first-order valence-electron chi connectivity index (χ1n) is 9.98. The summed E-state index contributed by atoms with van der Waals surface area (Å²) >= 11 is 5.27. The number of methoxy groups -OCH3 is 2. The molecule has 0 atom stereocenters. The molecule has 1 saturated heterocycles. The largest absolute Gasteiger partial charge is 0.497 e. The van der Waals surface area contributed by atoms with Gasteiger partial charge in [0.25, 0.3) is 11.8 Å². The lowest BCUT2D eigenvalue weighted by atomic mass is 10.1. The molecule has 0 unspecified atom stereocenters. The summed E-state index contributed by atoms with van der Waals surface area (Å²) in [6.07, 6.45) is 3.19. The molecule has 3 aromatic rings. The van der Waals surface area contributed by atoms with Gasteiger partial charge < -0.3 is 19.1 Å². The van der Waals surface area contributed by atoms with Gasteiger partial charge in [-0.15, -0.1) is 0 Å². The molecule has 10 heteroatoms. The Morgan fingerprint density at radius 3 is 2.44 bits per heavy atom. The van der Waals surface area contributed by atoms with Crippen molar-refractivity contribution < 1.29 is 29.0 Å². The first-order valence-corrected chi connectivity index (χ1v) is 10.4. The normalized spacial score (nSPS) is 14.8. The highest BCUT2D eigenvalue weighted by atomic mass is 32.1. The summed E-state index contributed by atoms with van der Waals surface area (Å²) in [5.41, 5.74) is 1.57. The standard InChI is InChI=1S/C24H19N3O6S/c1-32-17-9-10-19(20(13-17)33-2)27-22(29)18(21(28)25-24(27)34)12-16-4-3-11-26(16)15-7-5-14(6-8-15)23(30)31/h3-13H,1-2H3,(H,30,31)(H,25,28,34). The van der Waals surface area contributed by atoms with Crippen LogP contribution in [0.2, 0.25) is 0 Å². The van der Waals surface area contributed by atoms with Crippen LogP contribution in [0.25, 0.3) is 11.8 Å². The van der Waals surface area contributed by atoms with E-state index >= 15 is 0 Å². The van der Waals surface area contributed by atoms with E-state index in [1.165, 1.54) is 37.3 Å². The third kappa shape index (κ3) is 4.14. The van der Waals surface area contributed by atoms with Gasteiger partial charge in [-0.25, -0.2) is 9.69 Å². The van der Waals surface area contributed by atoms with Gasteiger partial charge in [0.2, 0.25) is 0 Å². The summed E-state index contributed by atoms with van der Waals surface area (Å²) in [6, 6.07) is 14.6. The average molecular weight is 477 g/mol. The van der Waals surface area contributed by atoms with E-state index in [0.29, 0.717) is 28.6 Å². The molecule has 2 amide bonds. The number of hydrogen-bond donors (Lipinski definition) is 2. The minimum absolute atomic E-state index is 0.0738. The highest BCUT2D eigenvalue weighted by Crippen LogP contribution is 2.34. The van der Waals surface area contributed by atoms with Crippen molar-refractivity contribution in [2.24, 2.45) is 0 Å². The van der Waals surface area contributed by atoms with Crippen molar-refractivity contribution in [3.8, 4) is 17.2 Å². The number of hydrogen-bond acceptors (Lipinski definition) is 6. The van der Waals surface area contributed by atoms with Gasteiger partial charge in [-0.1, -0.05) is 0 Å². The fourth-order valence-electron chi connectivity index (χ4n) is 3.51. The van der Waals surface area contributed by atoms with Gasteiger partial charge in [0.1, 0.15) is 17.1 Å². The molecule has 1 fully saturated rings. The predicted octanol–water partition coefficient (Wildman–Crippen LogP) is 3.02. The number of benzene rings is 2. The Morgan fingerprint density at radius 2 is 1.79 bits per heavy atom. The maximum absolute atomic E-state index is 13.4. The molecule has 1 aromatic heterocycles. The zero-order valence-corrected chi connectivity index (χ0v) is 19.0. The molecule has 2 heterocycles. The van der Waals surface area contributed by atoms with Crippen LogP contribution < -0.4 is 19.7 Å². The first-order chi connectivity index (χ1) is 16.3. The number of aromatic carboxylic acids is 1. The summed E-state index contributed by atoms with van der Waals surface area (Å²) in [5.74, 6) is -1.41. The van der Waals surface area contributed by atoms with Gasteiger partial charge in [-0.05, 0) is 66.8 Å². The molecular formula is C24H19N3O6S. The van der Waals surface area contributed by atoms with Crippen LogP contribution in [0.15, 0.2) is 66.4 Å². The predicted molar refractivity (Wildman–Crippen MR) is 128 cm³/mol. The second-order valence-corrected chi connectivity index (χ2v) is 7.54. The maximum atomic E-state index is 13.4. The Bertz CT molecular complexity index is 1340. The van der Waals surface area contributed by atoms with Gasteiger partial charge >= 0.3 is 5.97 Å². The summed E-state index contributed by atoms with van der Waals surface area (Å²) in [7, 11) is 2.96. The van der Waals surface area contributed by atoms with Crippen LogP contribution in [0, 0.1) is 0 Å². The summed E-state index contributed by atoms with van der Waals surface area (Å²) in [4.78, 5) is 38.4.